The van der Waals surface area contributed by atoms with E-state index in [0.717, 1.165) is 6.07 Å². The minimum absolute atomic E-state index is 0.131. The van der Waals surface area contributed by atoms with E-state index in [1.807, 2.05) is 0 Å². The van der Waals surface area contributed by atoms with Crippen LogP contribution in [0.5, 0.6) is 0 Å². The monoisotopic (exact) mass is 300 g/mol. The molecule has 0 spiro atoms. The Labute approximate surface area is 116 Å². The zero-order valence-corrected chi connectivity index (χ0v) is 11.7. The van der Waals surface area contributed by atoms with Crippen molar-refractivity contribution in [3.8, 4) is 12.3 Å². The van der Waals surface area contributed by atoms with Gasteiger partial charge in [0.15, 0.2) is 0 Å². The summed E-state index contributed by atoms with van der Waals surface area (Å²) in [6.45, 7) is 2.94. The van der Waals surface area contributed by atoms with Crippen molar-refractivity contribution in [2.24, 2.45) is 0 Å². The van der Waals surface area contributed by atoms with Crippen molar-refractivity contribution in [3.63, 3.8) is 0 Å². The molecular weight excluding hydrogens is 287 g/mol. The number of nitro groups is 1. The number of terminal acetylenes is 1. The Morgan fingerprint density at radius 1 is 1.55 bits per heavy atom. The third kappa shape index (κ3) is 3.31. The molecule has 0 aliphatic heterocycles. The number of benzene rings is 1. The van der Waals surface area contributed by atoms with Crippen molar-refractivity contribution in [3.05, 3.63) is 33.6 Å². The first-order valence-corrected chi connectivity index (χ1v) is 7.14. The fourth-order valence-corrected chi connectivity index (χ4v) is 2.84. The summed E-state index contributed by atoms with van der Waals surface area (Å²) >= 11 is 0. The number of nitro benzene ring substituents is 1. The van der Waals surface area contributed by atoms with Crippen LogP contribution in [-0.4, -0.2) is 19.4 Å². The standard InChI is InChI=1S/C12H13FN2O4S/c1-4-9(5-2)14-20(18,19)10-6-8(3)12(13)11(7-10)15(16)17/h1,6-7,9,14H,5H2,2-3H3. The fourth-order valence-electron chi connectivity index (χ4n) is 1.50. The normalized spacial score (nSPS) is 12.7. The molecule has 0 saturated carbocycles. The molecule has 1 rings (SSSR count). The second-order valence-electron chi connectivity index (χ2n) is 4.08. The molecule has 0 heterocycles. The maximum Gasteiger partial charge on any atom is 0.306 e. The number of nitrogens with one attached hydrogen (secondary N) is 1. The second-order valence-corrected chi connectivity index (χ2v) is 5.79. The van der Waals surface area contributed by atoms with E-state index in [4.69, 9.17) is 6.42 Å². The Hall–Kier alpha value is -1.98. The van der Waals surface area contributed by atoms with E-state index in [-0.39, 0.29) is 5.56 Å². The highest BCUT2D eigenvalue weighted by Crippen LogP contribution is 2.25. The molecule has 1 atom stereocenters. The lowest BCUT2D eigenvalue weighted by atomic mass is 10.2. The smallest absolute Gasteiger partial charge is 0.258 e. The van der Waals surface area contributed by atoms with E-state index in [1.165, 1.54) is 6.92 Å². The van der Waals surface area contributed by atoms with Gasteiger partial charge >= 0.3 is 5.69 Å². The SMILES string of the molecule is C#CC(CC)NS(=O)(=O)c1cc(C)c(F)c([N+](=O)[O-])c1. The summed E-state index contributed by atoms with van der Waals surface area (Å²) in [7, 11) is -4.04. The van der Waals surface area contributed by atoms with Crippen molar-refractivity contribution in [2.45, 2.75) is 31.2 Å². The van der Waals surface area contributed by atoms with Crippen LogP contribution >= 0.6 is 0 Å². The Bertz CT molecular complexity index is 679. The van der Waals surface area contributed by atoms with Crippen molar-refractivity contribution >= 4 is 15.7 Å². The molecule has 0 saturated heterocycles. The van der Waals surface area contributed by atoms with Gasteiger partial charge in [0, 0.05) is 6.07 Å². The zero-order chi connectivity index (χ0) is 15.5. The van der Waals surface area contributed by atoms with Crippen molar-refractivity contribution in [1.29, 1.82) is 0 Å². The lowest BCUT2D eigenvalue weighted by Crippen LogP contribution is -2.33. The molecule has 1 aromatic carbocycles. The molecular formula is C12H13FN2O4S. The van der Waals surface area contributed by atoms with E-state index in [9.17, 15) is 22.9 Å². The molecule has 1 N–H and O–H groups in total. The molecule has 0 fully saturated rings. The molecule has 0 aliphatic rings. The summed E-state index contributed by atoms with van der Waals surface area (Å²) in [5.41, 5.74) is -1.02. The summed E-state index contributed by atoms with van der Waals surface area (Å²) in [5, 5.41) is 10.7. The number of halogens is 1. The topological polar surface area (TPSA) is 89.3 Å². The second kappa shape index (κ2) is 5.98. The Kier molecular flexibility index (Phi) is 4.81. The highest BCUT2D eigenvalue weighted by molar-refractivity contribution is 7.89. The fraction of sp³-hybridized carbons (Fsp3) is 0.333. The van der Waals surface area contributed by atoms with Gasteiger partial charge in [-0.15, -0.1) is 6.42 Å². The van der Waals surface area contributed by atoms with E-state index in [0.29, 0.717) is 12.5 Å². The van der Waals surface area contributed by atoms with Crippen LogP contribution in [0.2, 0.25) is 0 Å². The first-order chi connectivity index (χ1) is 9.22. The number of hydrogen-bond acceptors (Lipinski definition) is 4. The predicted octanol–water partition coefficient (Wildman–Crippen LogP) is 1.73. The van der Waals surface area contributed by atoms with E-state index >= 15 is 0 Å². The van der Waals surface area contributed by atoms with Gasteiger partial charge in [0.05, 0.1) is 15.9 Å². The van der Waals surface area contributed by atoms with Crippen molar-refractivity contribution in [1.82, 2.24) is 4.72 Å². The van der Waals surface area contributed by atoms with Gasteiger partial charge in [-0.1, -0.05) is 12.8 Å². The van der Waals surface area contributed by atoms with Crippen LogP contribution in [0.25, 0.3) is 0 Å². The molecule has 0 aliphatic carbocycles. The molecule has 8 heteroatoms. The Morgan fingerprint density at radius 3 is 2.60 bits per heavy atom. The van der Waals surface area contributed by atoms with Crippen molar-refractivity contribution < 1.29 is 17.7 Å². The maximum absolute atomic E-state index is 13.5. The van der Waals surface area contributed by atoms with Crippen LogP contribution in [0.15, 0.2) is 17.0 Å². The lowest BCUT2D eigenvalue weighted by Gasteiger charge is -2.12. The molecule has 1 aromatic rings. The number of nitrogens with zero attached hydrogens (tertiary/aromatic N) is 1. The van der Waals surface area contributed by atoms with Gasteiger partial charge in [-0.05, 0) is 25.0 Å². The van der Waals surface area contributed by atoms with Crippen molar-refractivity contribution in [2.75, 3.05) is 0 Å². The van der Waals surface area contributed by atoms with E-state index < -0.39 is 37.4 Å². The largest absolute Gasteiger partial charge is 0.306 e. The van der Waals surface area contributed by atoms with Gasteiger partial charge < -0.3 is 0 Å². The summed E-state index contributed by atoms with van der Waals surface area (Å²) < 4.78 is 39.8. The van der Waals surface area contributed by atoms with Gasteiger partial charge in [-0.25, -0.2) is 8.42 Å². The first-order valence-electron chi connectivity index (χ1n) is 5.66. The van der Waals surface area contributed by atoms with Gasteiger partial charge in [0.2, 0.25) is 15.8 Å². The van der Waals surface area contributed by atoms with Crippen LogP contribution < -0.4 is 4.72 Å². The molecule has 6 nitrogen and oxygen atoms in total. The quantitative estimate of drug-likeness (QED) is 0.509. The first kappa shape index (κ1) is 16.1. The Morgan fingerprint density at radius 2 is 2.15 bits per heavy atom. The molecule has 20 heavy (non-hydrogen) atoms. The van der Waals surface area contributed by atoms with Crippen LogP contribution in [-0.2, 0) is 10.0 Å². The number of rotatable bonds is 5. The summed E-state index contributed by atoms with van der Waals surface area (Å²) in [5.74, 6) is 1.19. The van der Waals surface area contributed by atoms with Crippen LogP contribution in [0.4, 0.5) is 10.1 Å². The van der Waals surface area contributed by atoms with Crippen LogP contribution in [0, 0.1) is 35.2 Å². The molecule has 1 unspecified atom stereocenters. The molecule has 0 amide bonds. The molecule has 108 valence electrons. The average Bonchev–Trinajstić information content (AvgIpc) is 2.38. The molecule has 0 radical (unpaired) electrons. The maximum atomic E-state index is 13.5. The average molecular weight is 300 g/mol. The third-order valence-electron chi connectivity index (χ3n) is 2.62. The van der Waals surface area contributed by atoms with Crippen LogP contribution in [0.3, 0.4) is 0 Å². The number of aryl methyl sites for hydroxylation is 1. The summed E-state index contributed by atoms with van der Waals surface area (Å²) in [4.78, 5) is 9.34. The molecule has 0 aromatic heterocycles. The minimum Gasteiger partial charge on any atom is -0.258 e. The van der Waals surface area contributed by atoms with Gasteiger partial charge in [0.25, 0.3) is 0 Å². The van der Waals surface area contributed by atoms with E-state index in [2.05, 4.69) is 10.6 Å². The number of sulfonamides is 1. The van der Waals surface area contributed by atoms with Gasteiger partial charge in [-0.3, -0.25) is 10.1 Å². The highest BCUT2D eigenvalue weighted by atomic mass is 32.2. The minimum atomic E-state index is -4.04. The third-order valence-corrected chi connectivity index (χ3v) is 4.07. The Balaban J connectivity index is 3.34. The zero-order valence-electron chi connectivity index (χ0n) is 10.9. The summed E-state index contributed by atoms with van der Waals surface area (Å²) in [6, 6.07) is 0.964. The highest BCUT2D eigenvalue weighted by Gasteiger charge is 2.25. The molecule has 0 bridgehead atoms. The van der Waals surface area contributed by atoms with Crippen LogP contribution in [0.1, 0.15) is 18.9 Å². The summed E-state index contributed by atoms with van der Waals surface area (Å²) in [6.07, 6.45) is 5.51. The van der Waals surface area contributed by atoms with E-state index in [1.54, 1.807) is 6.92 Å². The number of hydrogen-bond donors (Lipinski definition) is 1. The van der Waals surface area contributed by atoms with Gasteiger partial charge in [0.1, 0.15) is 0 Å². The predicted molar refractivity (Wildman–Crippen MR) is 71.0 cm³/mol. The van der Waals surface area contributed by atoms with Gasteiger partial charge in [-0.2, -0.15) is 9.11 Å². The lowest BCUT2D eigenvalue weighted by molar-refractivity contribution is -0.387.